The maximum atomic E-state index is 6.68. The van der Waals surface area contributed by atoms with Gasteiger partial charge >= 0.3 is 0 Å². The van der Waals surface area contributed by atoms with Crippen LogP contribution in [0.2, 0.25) is 0 Å². The summed E-state index contributed by atoms with van der Waals surface area (Å²) in [4.78, 5) is 2.39. The van der Waals surface area contributed by atoms with E-state index in [4.69, 9.17) is 4.74 Å². The quantitative estimate of drug-likeness (QED) is 0.667. The van der Waals surface area contributed by atoms with Crippen LogP contribution in [0.1, 0.15) is 30.0 Å². The molecule has 4 heteroatoms. The lowest BCUT2D eigenvalue weighted by Crippen LogP contribution is -2.63. The highest BCUT2D eigenvalue weighted by atomic mass is 16.5. The Kier molecular flexibility index (Phi) is 3.73. The van der Waals surface area contributed by atoms with E-state index in [-0.39, 0.29) is 11.8 Å². The lowest BCUT2D eigenvalue weighted by Gasteiger charge is -2.51. The lowest BCUT2D eigenvalue weighted by molar-refractivity contribution is -0.157. The fraction of sp³-hybridized carbons (Fsp3) is 0.280. The Labute approximate surface area is 171 Å². The van der Waals surface area contributed by atoms with Crippen molar-refractivity contribution in [2.75, 3.05) is 20.1 Å². The summed E-state index contributed by atoms with van der Waals surface area (Å²) in [7, 11) is 2.19. The number of likely N-dealkylation sites (tertiary alicyclic amines) is 1. The second-order valence-corrected chi connectivity index (χ2v) is 8.46. The van der Waals surface area contributed by atoms with Crippen molar-refractivity contribution in [3.8, 4) is 5.75 Å². The standard InChI is InChI=1S/C25H25N3O/c1-27-14-12-25(13-15-27)28-23(21-8-4-5-9-24(21)29-25)17-22(26-28)20-11-10-18-6-2-3-7-19(18)16-20/h2-11,16-17,23,26H,12-15H2,1H3/t23-/m0/s1. The fourth-order valence-electron chi connectivity index (χ4n) is 4.95. The zero-order valence-corrected chi connectivity index (χ0v) is 16.6. The first kappa shape index (κ1) is 17.1. The minimum absolute atomic E-state index is 0.185. The molecule has 3 aliphatic rings. The summed E-state index contributed by atoms with van der Waals surface area (Å²) in [5.74, 6) is 1.02. The molecule has 146 valence electrons. The maximum Gasteiger partial charge on any atom is 0.182 e. The minimum Gasteiger partial charge on any atom is -0.470 e. The van der Waals surface area contributed by atoms with Crippen LogP contribution in [0.4, 0.5) is 0 Å². The van der Waals surface area contributed by atoms with Gasteiger partial charge in [-0.1, -0.05) is 54.6 Å². The van der Waals surface area contributed by atoms with Crippen LogP contribution in [-0.2, 0) is 0 Å². The molecule has 0 radical (unpaired) electrons. The van der Waals surface area contributed by atoms with E-state index in [0.29, 0.717) is 0 Å². The summed E-state index contributed by atoms with van der Waals surface area (Å²) < 4.78 is 6.68. The highest BCUT2D eigenvalue weighted by Gasteiger charge is 2.51. The molecule has 29 heavy (non-hydrogen) atoms. The van der Waals surface area contributed by atoms with Crippen LogP contribution < -0.4 is 10.2 Å². The van der Waals surface area contributed by atoms with Crippen LogP contribution in [0.25, 0.3) is 16.5 Å². The van der Waals surface area contributed by atoms with Gasteiger partial charge in [0.2, 0.25) is 0 Å². The molecular formula is C25H25N3O. The zero-order valence-electron chi connectivity index (χ0n) is 16.6. The average Bonchev–Trinajstić information content (AvgIpc) is 3.22. The van der Waals surface area contributed by atoms with E-state index in [1.165, 1.54) is 27.6 Å². The zero-order chi connectivity index (χ0) is 19.4. The summed E-state index contributed by atoms with van der Waals surface area (Å²) in [6.07, 6.45) is 4.34. The first-order valence-electron chi connectivity index (χ1n) is 10.5. The molecule has 3 aromatic rings. The normalized spacial score (nSPS) is 23.2. The Balaban J connectivity index is 1.43. The number of benzene rings is 3. The molecule has 0 unspecified atom stereocenters. The number of ether oxygens (including phenoxy) is 1. The predicted molar refractivity (Wildman–Crippen MR) is 116 cm³/mol. The molecule has 1 N–H and O–H groups in total. The molecule has 0 aromatic heterocycles. The molecule has 1 fully saturated rings. The number of rotatable bonds is 1. The Bertz CT molecular complexity index is 1110. The Hall–Kier alpha value is -2.82. The van der Waals surface area contributed by atoms with Gasteiger partial charge in [0.05, 0.1) is 11.7 Å². The summed E-state index contributed by atoms with van der Waals surface area (Å²) in [5.41, 5.74) is 7.06. The van der Waals surface area contributed by atoms with Crippen molar-refractivity contribution >= 4 is 16.5 Å². The van der Waals surface area contributed by atoms with Gasteiger partial charge in [-0.15, -0.1) is 0 Å². The van der Waals surface area contributed by atoms with Gasteiger partial charge in [-0.25, -0.2) is 0 Å². The Morgan fingerprint density at radius 1 is 0.931 bits per heavy atom. The van der Waals surface area contributed by atoms with Crippen LogP contribution >= 0.6 is 0 Å². The van der Waals surface area contributed by atoms with E-state index >= 15 is 0 Å². The lowest BCUT2D eigenvalue weighted by atomic mass is 9.93. The van der Waals surface area contributed by atoms with Gasteiger partial charge in [0.25, 0.3) is 0 Å². The van der Waals surface area contributed by atoms with Gasteiger partial charge in [-0.05, 0) is 41.6 Å². The third-order valence-electron chi connectivity index (χ3n) is 6.65. The van der Waals surface area contributed by atoms with Crippen LogP contribution in [0.15, 0.2) is 72.8 Å². The number of piperidine rings is 1. The average molecular weight is 383 g/mol. The van der Waals surface area contributed by atoms with Gasteiger partial charge in [-0.3, -0.25) is 0 Å². The first-order chi connectivity index (χ1) is 14.2. The van der Waals surface area contributed by atoms with Crippen LogP contribution in [0.5, 0.6) is 5.75 Å². The smallest absolute Gasteiger partial charge is 0.182 e. The van der Waals surface area contributed by atoms with Crippen molar-refractivity contribution in [1.29, 1.82) is 0 Å². The Morgan fingerprint density at radius 3 is 2.55 bits per heavy atom. The summed E-state index contributed by atoms with van der Waals surface area (Å²) in [6, 6.07) is 23.9. The second-order valence-electron chi connectivity index (χ2n) is 8.46. The topological polar surface area (TPSA) is 27.7 Å². The van der Waals surface area contributed by atoms with Crippen molar-refractivity contribution in [3.63, 3.8) is 0 Å². The van der Waals surface area contributed by atoms with E-state index in [2.05, 4.69) is 95.2 Å². The molecule has 4 nitrogen and oxygen atoms in total. The number of para-hydroxylation sites is 1. The van der Waals surface area contributed by atoms with E-state index in [9.17, 15) is 0 Å². The molecule has 0 amide bonds. The van der Waals surface area contributed by atoms with Gasteiger partial charge in [-0.2, -0.15) is 5.01 Å². The van der Waals surface area contributed by atoms with Crippen LogP contribution in [0.3, 0.4) is 0 Å². The summed E-state index contributed by atoms with van der Waals surface area (Å²) in [6.45, 7) is 2.08. The number of nitrogens with zero attached hydrogens (tertiary/aromatic N) is 2. The van der Waals surface area contributed by atoms with Gasteiger partial charge in [0.15, 0.2) is 5.72 Å². The minimum atomic E-state index is -0.305. The SMILES string of the molecule is CN1CCC2(CC1)Oc1ccccc1[C@@H]1C=C(c3ccc4ccccc4c3)NN12. The molecule has 0 saturated carbocycles. The molecule has 3 aliphatic heterocycles. The monoisotopic (exact) mass is 383 g/mol. The third-order valence-corrected chi connectivity index (χ3v) is 6.65. The van der Waals surface area contributed by atoms with E-state index in [1.807, 2.05) is 0 Å². The molecule has 1 atom stereocenters. The number of hydrazine groups is 1. The van der Waals surface area contributed by atoms with Crippen molar-refractivity contribution < 1.29 is 4.74 Å². The van der Waals surface area contributed by atoms with Crippen molar-refractivity contribution in [3.05, 3.63) is 83.9 Å². The second kappa shape index (κ2) is 6.34. The van der Waals surface area contributed by atoms with Crippen molar-refractivity contribution in [2.24, 2.45) is 0 Å². The highest BCUT2D eigenvalue weighted by Crippen LogP contribution is 2.48. The first-order valence-corrected chi connectivity index (χ1v) is 10.5. The predicted octanol–water partition coefficient (Wildman–Crippen LogP) is 4.56. The molecule has 3 heterocycles. The number of fused-ring (bicyclic) bond motifs is 5. The highest BCUT2D eigenvalue weighted by molar-refractivity contribution is 5.86. The third kappa shape index (κ3) is 2.67. The number of hydrogen-bond donors (Lipinski definition) is 1. The number of nitrogens with one attached hydrogen (secondary N) is 1. The van der Waals surface area contributed by atoms with Gasteiger partial charge in [0, 0.05) is 31.5 Å². The van der Waals surface area contributed by atoms with Gasteiger partial charge < -0.3 is 15.1 Å². The summed E-state index contributed by atoms with van der Waals surface area (Å²) >= 11 is 0. The summed E-state index contributed by atoms with van der Waals surface area (Å²) in [5, 5.41) is 4.91. The molecule has 1 saturated heterocycles. The molecule has 6 rings (SSSR count). The largest absolute Gasteiger partial charge is 0.470 e. The maximum absolute atomic E-state index is 6.68. The molecule has 1 spiro atoms. The van der Waals surface area contributed by atoms with Crippen LogP contribution in [-0.4, -0.2) is 35.8 Å². The van der Waals surface area contributed by atoms with Crippen LogP contribution in [0, 0.1) is 0 Å². The van der Waals surface area contributed by atoms with Gasteiger partial charge in [0.1, 0.15) is 5.75 Å². The van der Waals surface area contributed by atoms with Crippen molar-refractivity contribution in [2.45, 2.75) is 24.6 Å². The fourth-order valence-corrected chi connectivity index (χ4v) is 4.95. The van der Waals surface area contributed by atoms with E-state index in [0.717, 1.165) is 31.7 Å². The molecular weight excluding hydrogens is 358 g/mol. The molecule has 0 bridgehead atoms. The van der Waals surface area contributed by atoms with Crippen molar-refractivity contribution in [1.82, 2.24) is 15.3 Å². The van der Waals surface area contributed by atoms with E-state index in [1.54, 1.807) is 0 Å². The Morgan fingerprint density at radius 2 is 1.69 bits per heavy atom. The molecule has 3 aromatic carbocycles. The number of hydrogen-bond acceptors (Lipinski definition) is 4. The molecule has 0 aliphatic carbocycles. The van der Waals surface area contributed by atoms with E-state index < -0.39 is 0 Å².